The Morgan fingerprint density at radius 1 is 1.12 bits per heavy atom. The van der Waals surface area contributed by atoms with Gasteiger partial charge in [-0.3, -0.25) is 5.01 Å². The zero-order chi connectivity index (χ0) is 12.1. The molecule has 0 spiro atoms. The number of hydrogen-bond donors (Lipinski definition) is 0. The number of rotatable bonds is 2. The van der Waals surface area contributed by atoms with Crippen molar-refractivity contribution in [2.75, 3.05) is 33.2 Å². The Morgan fingerprint density at radius 3 is 2.35 bits per heavy atom. The van der Waals surface area contributed by atoms with Crippen LogP contribution in [0, 0.1) is 11.3 Å². The van der Waals surface area contributed by atoms with Crippen LogP contribution in [0.5, 0.6) is 0 Å². The van der Waals surface area contributed by atoms with E-state index in [2.05, 4.69) is 28.4 Å². The molecular formula is C12H15N5. The van der Waals surface area contributed by atoms with Crippen molar-refractivity contribution >= 4 is 5.69 Å². The predicted octanol–water partition coefficient (Wildman–Crippen LogP) is 1.80. The van der Waals surface area contributed by atoms with Gasteiger partial charge in [0.15, 0.2) is 0 Å². The van der Waals surface area contributed by atoms with Crippen LogP contribution in [-0.2, 0) is 0 Å². The molecule has 2 rings (SSSR count). The molecule has 5 nitrogen and oxygen atoms in total. The van der Waals surface area contributed by atoms with Gasteiger partial charge in [-0.05, 0) is 31.3 Å². The Kier molecular flexibility index (Phi) is 3.68. The first kappa shape index (κ1) is 11.6. The largest absolute Gasteiger partial charge is 0.303 e. The lowest BCUT2D eigenvalue weighted by Crippen LogP contribution is -2.41. The highest BCUT2D eigenvalue weighted by Crippen LogP contribution is 2.14. The molecule has 1 heterocycles. The lowest BCUT2D eigenvalue weighted by Gasteiger charge is -2.29. The van der Waals surface area contributed by atoms with Gasteiger partial charge in [0.05, 0.1) is 30.4 Å². The Hall–Kier alpha value is -1.93. The molecule has 0 bridgehead atoms. The minimum absolute atomic E-state index is 0.642. The van der Waals surface area contributed by atoms with Crippen molar-refractivity contribution in [1.82, 2.24) is 9.91 Å². The molecule has 0 aliphatic carbocycles. The summed E-state index contributed by atoms with van der Waals surface area (Å²) in [7, 11) is 2.11. The maximum atomic E-state index is 8.67. The Labute approximate surface area is 101 Å². The predicted molar refractivity (Wildman–Crippen MR) is 64.7 cm³/mol. The van der Waals surface area contributed by atoms with Crippen LogP contribution in [0.3, 0.4) is 0 Å². The van der Waals surface area contributed by atoms with Gasteiger partial charge < -0.3 is 4.90 Å². The molecule has 1 fully saturated rings. The van der Waals surface area contributed by atoms with Crippen LogP contribution in [0.1, 0.15) is 5.56 Å². The van der Waals surface area contributed by atoms with Crippen molar-refractivity contribution in [3.05, 3.63) is 29.8 Å². The van der Waals surface area contributed by atoms with E-state index in [0.717, 1.165) is 31.9 Å². The molecule has 0 radical (unpaired) electrons. The summed E-state index contributed by atoms with van der Waals surface area (Å²) in [6.45, 7) is 3.87. The van der Waals surface area contributed by atoms with Crippen LogP contribution in [-0.4, -0.2) is 43.1 Å². The summed E-state index contributed by atoms with van der Waals surface area (Å²) in [6.07, 6.45) is 0. The summed E-state index contributed by atoms with van der Waals surface area (Å²) in [5.41, 5.74) is 1.42. The van der Waals surface area contributed by atoms with E-state index in [-0.39, 0.29) is 0 Å². The normalized spacial score (nSPS) is 17.3. The average Bonchev–Trinajstić information content (AvgIpc) is 2.39. The first-order valence-electron chi connectivity index (χ1n) is 5.63. The molecule has 1 aromatic rings. The molecule has 17 heavy (non-hydrogen) atoms. The van der Waals surface area contributed by atoms with E-state index in [1.165, 1.54) is 0 Å². The molecular weight excluding hydrogens is 214 g/mol. The van der Waals surface area contributed by atoms with Crippen molar-refractivity contribution in [3.63, 3.8) is 0 Å². The molecule has 1 aliphatic rings. The van der Waals surface area contributed by atoms with Gasteiger partial charge in [0.25, 0.3) is 0 Å². The summed E-state index contributed by atoms with van der Waals surface area (Å²) < 4.78 is 0. The average molecular weight is 229 g/mol. The molecule has 0 N–H and O–H groups in total. The molecule has 1 aliphatic heterocycles. The zero-order valence-electron chi connectivity index (χ0n) is 9.87. The minimum atomic E-state index is 0.642. The van der Waals surface area contributed by atoms with E-state index in [1.807, 2.05) is 5.01 Å². The molecule has 5 heteroatoms. The lowest BCUT2D eigenvalue weighted by molar-refractivity contribution is 0.150. The molecule has 1 saturated heterocycles. The number of piperazine rings is 1. The number of nitrogens with zero attached hydrogens (tertiary/aromatic N) is 5. The summed E-state index contributed by atoms with van der Waals surface area (Å²) in [5.74, 6) is 0. The van der Waals surface area contributed by atoms with Gasteiger partial charge >= 0.3 is 0 Å². The van der Waals surface area contributed by atoms with Crippen molar-refractivity contribution in [2.45, 2.75) is 0 Å². The molecule has 0 saturated carbocycles. The van der Waals surface area contributed by atoms with Crippen LogP contribution >= 0.6 is 0 Å². The van der Waals surface area contributed by atoms with Gasteiger partial charge in [0, 0.05) is 13.1 Å². The summed E-state index contributed by atoms with van der Waals surface area (Å²) in [4.78, 5) is 2.27. The van der Waals surface area contributed by atoms with Crippen LogP contribution in [0.15, 0.2) is 34.6 Å². The van der Waals surface area contributed by atoms with Crippen LogP contribution < -0.4 is 0 Å². The number of likely N-dealkylation sites (N-methyl/N-ethyl adjacent to an activating group) is 1. The summed E-state index contributed by atoms with van der Waals surface area (Å²) >= 11 is 0. The highest BCUT2D eigenvalue weighted by molar-refractivity contribution is 5.41. The van der Waals surface area contributed by atoms with Crippen molar-refractivity contribution < 1.29 is 0 Å². The maximum absolute atomic E-state index is 8.67. The smallest absolute Gasteiger partial charge is 0.0991 e. The van der Waals surface area contributed by atoms with Crippen LogP contribution in [0.4, 0.5) is 5.69 Å². The molecule has 88 valence electrons. The first-order chi connectivity index (χ1) is 8.28. The van der Waals surface area contributed by atoms with Gasteiger partial charge in [-0.2, -0.15) is 5.26 Å². The fraction of sp³-hybridized carbons (Fsp3) is 0.417. The van der Waals surface area contributed by atoms with Crippen LogP contribution in [0.25, 0.3) is 0 Å². The first-order valence-corrected chi connectivity index (χ1v) is 5.63. The Balaban J connectivity index is 1.93. The second-order valence-corrected chi connectivity index (χ2v) is 4.11. The SMILES string of the molecule is CN1CCN(N=Nc2ccc(C#N)cc2)CC1. The quantitative estimate of drug-likeness (QED) is 0.727. The van der Waals surface area contributed by atoms with E-state index in [4.69, 9.17) is 5.26 Å². The van der Waals surface area contributed by atoms with E-state index in [0.29, 0.717) is 5.56 Å². The molecule has 0 atom stereocenters. The van der Waals surface area contributed by atoms with Gasteiger partial charge in [-0.1, -0.05) is 5.22 Å². The van der Waals surface area contributed by atoms with Gasteiger partial charge in [0.2, 0.25) is 0 Å². The molecule has 0 aromatic heterocycles. The number of hydrogen-bond acceptors (Lipinski definition) is 4. The van der Waals surface area contributed by atoms with E-state index < -0.39 is 0 Å². The standard InChI is InChI=1S/C12H15N5/c1-16-6-8-17(9-7-16)15-14-12-4-2-11(10-13)3-5-12/h2-5H,6-9H2,1H3. The second-order valence-electron chi connectivity index (χ2n) is 4.11. The number of benzene rings is 1. The molecule has 1 aromatic carbocycles. The minimum Gasteiger partial charge on any atom is -0.303 e. The van der Waals surface area contributed by atoms with Crippen molar-refractivity contribution in [3.8, 4) is 6.07 Å². The van der Waals surface area contributed by atoms with Gasteiger partial charge in [-0.25, -0.2) is 0 Å². The van der Waals surface area contributed by atoms with E-state index in [1.54, 1.807) is 24.3 Å². The maximum Gasteiger partial charge on any atom is 0.0991 e. The number of nitriles is 1. The van der Waals surface area contributed by atoms with Crippen molar-refractivity contribution in [2.24, 2.45) is 10.3 Å². The third kappa shape index (κ3) is 3.26. The Bertz CT molecular complexity index is 423. The van der Waals surface area contributed by atoms with Gasteiger partial charge in [-0.15, -0.1) is 5.11 Å². The van der Waals surface area contributed by atoms with E-state index in [9.17, 15) is 0 Å². The summed E-state index contributed by atoms with van der Waals surface area (Å²) in [6, 6.07) is 9.18. The molecule has 0 unspecified atom stereocenters. The summed E-state index contributed by atoms with van der Waals surface area (Å²) in [5, 5.41) is 19.0. The third-order valence-corrected chi connectivity index (χ3v) is 2.76. The van der Waals surface area contributed by atoms with Crippen molar-refractivity contribution in [1.29, 1.82) is 5.26 Å². The molecule has 0 amide bonds. The monoisotopic (exact) mass is 229 g/mol. The van der Waals surface area contributed by atoms with E-state index >= 15 is 0 Å². The fourth-order valence-electron chi connectivity index (χ4n) is 1.60. The highest BCUT2D eigenvalue weighted by Gasteiger charge is 2.11. The second kappa shape index (κ2) is 5.41. The van der Waals surface area contributed by atoms with Gasteiger partial charge in [0.1, 0.15) is 0 Å². The lowest BCUT2D eigenvalue weighted by atomic mass is 10.2. The Morgan fingerprint density at radius 2 is 1.76 bits per heavy atom. The topological polar surface area (TPSA) is 55.0 Å². The van der Waals surface area contributed by atoms with Crippen LogP contribution in [0.2, 0.25) is 0 Å². The third-order valence-electron chi connectivity index (χ3n) is 2.76. The zero-order valence-corrected chi connectivity index (χ0v) is 9.87. The fourth-order valence-corrected chi connectivity index (χ4v) is 1.60. The highest BCUT2D eigenvalue weighted by atomic mass is 15.6.